The molecular formula is C36H30N4O. The molecule has 0 aliphatic carbocycles. The third-order valence-electron chi connectivity index (χ3n) is 8.38. The maximum atomic E-state index is 6.16. The SMILES string of the molecule is C1=NCCC2C1c1cc(N(c3ccccc3)c3ccccc3)ccc1N2c1ccc(C2Nc3ccccc3O2)cc1. The summed E-state index contributed by atoms with van der Waals surface area (Å²) in [7, 11) is 0. The molecule has 3 aliphatic heterocycles. The summed E-state index contributed by atoms with van der Waals surface area (Å²) in [5, 5.41) is 3.49. The van der Waals surface area contributed by atoms with E-state index in [1.165, 1.54) is 16.9 Å². The van der Waals surface area contributed by atoms with Crippen LogP contribution >= 0.6 is 0 Å². The fourth-order valence-corrected chi connectivity index (χ4v) is 6.48. The van der Waals surface area contributed by atoms with Crippen LogP contribution in [0.15, 0.2) is 132 Å². The van der Waals surface area contributed by atoms with Crippen molar-refractivity contribution < 1.29 is 4.74 Å². The third-order valence-corrected chi connectivity index (χ3v) is 8.38. The lowest BCUT2D eigenvalue weighted by Crippen LogP contribution is -2.33. The first-order chi connectivity index (χ1) is 20.3. The Morgan fingerprint density at radius 1 is 0.732 bits per heavy atom. The van der Waals surface area contributed by atoms with Crippen LogP contribution in [0.1, 0.15) is 29.7 Å². The van der Waals surface area contributed by atoms with Gasteiger partial charge in [0.15, 0.2) is 6.23 Å². The molecule has 3 unspecified atom stereocenters. The summed E-state index contributed by atoms with van der Waals surface area (Å²) in [6, 6.07) is 45.4. The van der Waals surface area contributed by atoms with Gasteiger partial charge in [-0.05, 0) is 78.7 Å². The molecule has 5 nitrogen and oxygen atoms in total. The molecule has 3 aliphatic rings. The lowest BCUT2D eigenvalue weighted by molar-refractivity contribution is 0.260. The Kier molecular flexibility index (Phi) is 5.73. The Balaban J connectivity index is 1.16. The number of hydrogen-bond acceptors (Lipinski definition) is 5. The van der Waals surface area contributed by atoms with E-state index in [1.54, 1.807) is 0 Å². The average molecular weight is 535 g/mol. The predicted octanol–water partition coefficient (Wildman–Crippen LogP) is 8.74. The van der Waals surface area contributed by atoms with Gasteiger partial charge in [-0.15, -0.1) is 0 Å². The van der Waals surface area contributed by atoms with Crippen LogP contribution in [-0.4, -0.2) is 18.8 Å². The summed E-state index contributed by atoms with van der Waals surface area (Å²) < 4.78 is 6.16. The number of nitrogens with one attached hydrogen (secondary N) is 1. The van der Waals surface area contributed by atoms with Gasteiger partial charge in [0.1, 0.15) is 5.75 Å². The highest BCUT2D eigenvalue weighted by atomic mass is 16.5. The average Bonchev–Trinajstić information content (AvgIpc) is 3.62. The molecule has 0 fully saturated rings. The van der Waals surface area contributed by atoms with E-state index >= 15 is 0 Å². The van der Waals surface area contributed by atoms with Crippen molar-refractivity contribution in [2.24, 2.45) is 4.99 Å². The molecule has 8 rings (SSSR count). The normalized spacial score (nSPS) is 20.0. The quantitative estimate of drug-likeness (QED) is 0.245. The van der Waals surface area contributed by atoms with Crippen molar-refractivity contribution in [3.63, 3.8) is 0 Å². The van der Waals surface area contributed by atoms with Gasteiger partial charge in [0.2, 0.25) is 0 Å². The number of hydrogen-bond donors (Lipinski definition) is 1. The smallest absolute Gasteiger partial charge is 0.196 e. The minimum Gasteiger partial charge on any atom is -0.464 e. The Morgan fingerprint density at radius 2 is 1.44 bits per heavy atom. The Hall–Kier alpha value is -5.03. The zero-order chi connectivity index (χ0) is 27.2. The second-order valence-corrected chi connectivity index (χ2v) is 10.8. The Labute approximate surface area is 240 Å². The van der Waals surface area contributed by atoms with E-state index in [9.17, 15) is 0 Å². The van der Waals surface area contributed by atoms with E-state index in [0.29, 0.717) is 6.04 Å². The lowest BCUT2D eigenvalue weighted by atomic mass is 9.91. The van der Waals surface area contributed by atoms with Crippen LogP contribution in [0.4, 0.5) is 34.1 Å². The van der Waals surface area contributed by atoms with E-state index in [1.807, 2.05) is 18.2 Å². The van der Waals surface area contributed by atoms with Crippen molar-refractivity contribution in [1.82, 2.24) is 0 Å². The van der Waals surface area contributed by atoms with Crippen molar-refractivity contribution >= 4 is 40.3 Å². The number of benzene rings is 5. The highest BCUT2D eigenvalue weighted by molar-refractivity contribution is 5.87. The van der Waals surface area contributed by atoms with Gasteiger partial charge in [-0.1, -0.05) is 60.7 Å². The zero-order valence-corrected chi connectivity index (χ0v) is 22.6. The van der Waals surface area contributed by atoms with Gasteiger partial charge in [0.05, 0.1) is 5.69 Å². The Bertz CT molecular complexity index is 1650. The molecule has 5 heteroatoms. The summed E-state index contributed by atoms with van der Waals surface area (Å²) >= 11 is 0. The molecule has 5 aromatic rings. The van der Waals surface area contributed by atoms with E-state index < -0.39 is 0 Å². The molecule has 0 bridgehead atoms. The molecule has 3 atom stereocenters. The summed E-state index contributed by atoms with van der Waals surface area (Å²) in [5.41, 5.74) is 9.37. The fourth-order valence-electron chi connectivity index (χ4n) is 6.48. The standard InChI is InChI=1S/C36H30N4O/c1-3-9-26(10-4-1)39(27-11-5-2-6-12-27)29-19-20-33-30(23-29)31-24-37-22-21-34(31)40(33)28-17-15-25(16-18-28)36-38-32-13-7-8-14-35(32)41-36/h1-20,23-24,31,34,36,38H,21-22H2. The van der Waals surface area contributed by atoms with Gasteiger partial charge >= 0.3 is 0 Å². The molecular weight excluding hydrogens is 504 g/mol. The first kappa shape index (κ1) is 23.8. The van der Waals surface area contributed by atoms with Crippen LogP contribution in [0.3, 0.4) is 0 Å². The number of fused-ring (bicyclic) bond motifs is 4. The molecule has 0 amide bonds. The van der Waals surface area contributed by atoms with Crippen molar-refractivity contribution in [3.8, 4) is 5.75 Å². The zero-order valence-electron chi connectivity index (χ0n) is 22.6. The second kappa shape index (κ2) is 9.86. The Morgan fingerprint density at radius 3 is 2.17 bits per heavy atom. The van der Waals surface area contributed by atoms with E-state index in [4.69, 9.17) is 9.73 Å². The second-order valence-electron chi connectivity index (χ2n) is 10.8. The number of nitrogens with zero attached hydrogens (tertiary/aromatic N) is 3. The number of para-hydroxylation sites is 4. The highest BCUT2D eigenvalue weighted by Crippen LogP contribution is 2.49. The summed E-state index contributed by atoms with van der Waals surface area (Å²) in [6.45, 7) is 0.856. The molecule has 0 aromatic heterocycles. The van der Waals surface area contributed by atoms with Gasteiger partial charge in [0, 0.05) is 58.7 Å². The molecule has 1 N–H and O–H groups in total. The third kappa shape index (κ3) is 4.13. The monoisotopic (exact) mass is 534 g/mol. The minimum atomic E-state index is -0.175. The largest absolute Gasteiger partial charge is 0.464 e. The van der Waals surface area contributed by atoms with Gasteiger partial charge < -0.3 is 19.9 Å². The van der Waals surface area contributed by atoms with Gasteiger partial charge in [-0.25, -0.2) is 0 Å². The van der Waals surface area contributed by atoms with Crippen molar-refractivity contribution in [2.75, 3.05) is 21.7 Å². The van der Waals surface area contributed by atoms with E-state index in [-0.39, 0.29) is 12.1 Å². The highest BCUT2D eigenvalue weighted by Gasteiger charge is 2.40. The van der Waals surface area contributed by atoms with Crippen molar-refractivity contribution in [1.29, 1.82) is 0 Å². The molecule has 0 saturated carbocycles. The molecule has 0 radical (unpaired) electrons. The van der Waals surface area contributed by atoms with Crippen molar-refractivity contribution in [3.05, 3.63) is 139 Å². The van der Waals surface area contributed by atoms with Crippen LogP contribution in [0.2, 0.25) is 0 Å². The minimum absolute atomic E-state index is 0.175. The molecule has 0 saturated heterocycles. The summed E-state index contributed by atoms with van der Waals surface area (Å²) in [4.78, 5) is 9.59. The van der Waals surface area contributed by atoms with Gasteiger partial charge in [0.25, 0.3) is 0 Å². The molecule has 3 heterocycles. The summed E-state index contributed by atoms with van der Waals surface area (Å²) in [6.07, 6.45) is 3.02. The number of aliphatic imine (C=N–C) groups is 1. The van der Waals surface area contributed by atoms with Crippen molar-refractivity contribution in [2.45, 2.75) is 24.6 Å². The molecule has 0 spiro atoms. The van der Waals surface area contributed by atoms with Crippen LogP contribution in [-0.2, 0) is 0 Å². The molecule has 5 aromatic carbocycles. The first-order valence-electron chi connectivity index (χ1n) is 14.3. The fraction of sp³-hybridized carbons (Fsp3) is 0.139. The van der Waals surface area contributed by atoms with Gasteiger partial charge in [-0.2, -0.15) is 0 Å². The number of ether oxygens (including phenoxy) is 1. The van der Waals surface area contributed by atoms with Crippen LogP contribution in [0, 0.1) is 0 Å². The molecule has 200 valence electrons. The maximum Gasteiger partial charge on any atom is 0.196 e. The van der Waals surface area contributed by atoms with E-state index in [2.05, 4.69) is 131 Å². The lowest BCUT2D eigenvalue weighted by Gasteiger charge is -2.31. The number of rotatable bonds is 5. The van der Waals surface area contributed by atoms with Gasteiger partial charge in [-0.3, -0.25) is 4.99 Å². The number of anilines is 6. The summed E-state index contributed by atoms with van der Waals surface area (Å²) in [5.74, 6) is 1.15. The molecule has 41 heavy (non-hydrogen) atoms. The van der Waals surface area contributed by atoms with Crippen LogP contribution < -0.4 is 19.9 Å². The predicted molar refractivity (Wildman–Crippen MR) is 168 cm³/mol. The first-order valence-corrected chi connectivity index (χ1v) is 14.3. The van der Waals surface area contributed by atoms with E-state index in [0.717, 1.165) is 47.0 Å². The maximum absolute atomic E-state index is 6.16. The van der Waals surface area contributed by atoms with Crippen LogP contribution in [0.25, 0.3) is 0 Å². The topological polar surface area (TPSA) is 40.1 Å². The van der Waals surface area contributed by atoms with Crippen LogP contribution in [0.5, 0.6) is 5.75 Å².